The first-order valence-electron chi connectivity index (χ1n) is 10.7. The molecule has 5 rings (SSSR count). The Morgan fingerprint density at radius 3 is 1.54 bits per heavy atom. The van der Waals surface area contributed by atoms with E-state index in [0.717, 1.165) is 22.3 Å². The van der Waals surface area contributed by atoms with Crippen LogP contribution in [0.3, 0.4) is 0 Å². The molecule has 2 heterocycles. The van der Waals surface area contributed by atoms with Crippen LogP contribution >= 0.6 is 0 Å². The lowest BCUT2D eigenvalue weighted by atomic mass is 10.1. The molecule has 0 aliphatic rings. The smallest absolute Gasteiger partial charge is 0.337 e. The van der Waals surface area contributed by atoms with Crippen molar-refractivity contribution in [1.82, 2.24) is 20.4 Å². The zero-order chi connectivity index (χ0) is 24.4. The van der Waals surface area contributed by atoms with E-state index >= 15 is 0 Å². The van der Waals surface area contributed by atoms with Gasteiger partial charge in [0.05, 0.1) is 12.7 Å². The van der Waals surface area contributed by atoms with Crippen LogP contribution in [0, 0.1) is 0 Å². The van der Waals surface area contributed by atoms with Crippen LogP contribution in [0.1, 0.15) is 22.8 Å². The predicted molar refractivity (Wildman–Crippen MR) is 130 cm³/mol. The fourth-order valence-corrected chi connectivity index (χ4v) is 3.46. The van der Waals surface area contributed by atoms with Crippen molar-refractivity contribution in [3.8, 4) is 45.8 Å². The van der Waals surface area contributed by atoms with Crippen molar-refractivity contribution in [2.24, 2.45) is 0 Å². The van der Waals surface area contributed by atoms with Crippen LogP contribution in [0.5, 0.6) is 0 Å². The van der Waals surface area contributed by atoms with Gasteiger partial charge in [0.2, 0.25) is 23.6 Å². The van der Waals surface area contributed by atoms with E-state index in [4.69, 9.17) is 13.6 Å². The summed E-state index contributed by atoms with van der Waals surface area (Å²) in [6, 6.07) is 22.0. The molecule has 35 heavy (non-hydrogen) atoms. The summed E-state index contributed by atoms with van der Waals surface area (Å²) in [6.07, 6.45) is 0. The summed E-state index contributed by atoms with van der Waals surface area (Å²) in [5, 5.41) is 16.7. The van der Waals surface area contributed by atoms with Gasteiger partial charge in [-0.25, -0.2) is 4.79 Å². The molecule has 0 unspecified atom stereocenters. The first kappa shape index (κ1) is 22.0. The number of esters is 1. The first-order valence-corrected chi connectivity index (χ1v) is 10.7. The Kier molecular flexibility index (Phi) is 5.76. The molecule has 0 radical (unpaired) electrons. The average Bonchev–Trinajstić information content (AvgIpc) is 3.59. The molecule has 0 aliphatic carbocycles. The van der Waals surface area contributed by atoms with Crippen molar-refractivity contribution < 1.29 is 18.4 Å². The minimum absolute atomic E-state index is 0.333. The average molecular weight is 464 g/mol. The van der Waals surface area contributed by atoms with Crippen LogP contribution in [0.2, 0.25) is 0 Å². The van der Waals surface area contributed by atoms with Crippen molar-refractivity contribution in [3.63, 3.8) is 0 Å². The van der Waals surface area contributed by atoms with Gasteiger partial charge in [-0.1, -0.05) is 30.4 Å². The van der Waals surface area contributed by atoms with Crippen molar-refractivity contribution in [2.75, 3.05) is 7.11 Å². The van der Waals surface area contributed by atoms with Crippen LogP contribution in [0.25, 0.3) is 51.4 Å². The van der Waals surface area contributed by atoms with Crippen LogP contribution in [0.15, 0.2) is 88.2 Å². The number of hydrogen-bond acceptors (Lipinski definition) is 8. The third-order valence-electron chi connectivity index (χ3n) is 5.38. The maximum absolute atomic E-state index is 11.6. The van der Waals surface area contributed by atoms with E-state index in [2.05, 4.69) is 27.0 Å². The van der Waals surface area contributed by atoms with E-state index in [0.29, 0.717) is 40.3 Å². The van der Waals surface area contributed by atoms with Crippen LogP contribution < -0.4 is 0 Å². The molecule has 0 N–H and O–H groups in total. The molecule has 0 spiro atoms. The van der Waals surface area contributed by atoms with Gasteiger partial charge in [0.15, 0.2) is 0 Å². The molecule has 0 bridgehead atoms. The number of nitrogens with zero attached hydrogens (tertiary/aromatic N) is 4. The standard InChI is InChI=1S/C27H20N4O4/c1-16(2)17-7-9-18(10-8-17)23-28-30-25(34-23)21-5-4-6-22(15-21)26-31-29-24(35-26)19-11-13-20(14-12-19)27(32)33-3/h4-15H,1H2,2-3H3. The second-order valence-corrected chi connectivity index (χ2v) is 7.83. The van der Waals surface area contributed by atoms with E-state index in [-0.39, 0.29) is 0 Å². The third-order valence-corrected chi connectivity index (χ3v) is 5.38. The molecule has 0 aliphatic heterocycles. The highest BCUT2D eigenvalue weighted by atomic mass is 16.5. The lowest BCUT2D eigenvalue weighted by molar-refractivity contribution is 0.0600. The quantitative estimate of drug-likeness (QED) is 0.284. The number of carbonyl (C=O) groups excluding carboxylic acids is 1. The lowest BCUT2D eigenvalue weighted by Crippen LogP contribution is -2.00. The Morgan fingerprint density at radius 1 is 0.686 bits per heavy atom. The van der Waals surface area contributed by atoms with Gasteiger partial charge < -0.3 is 13.6 Å². The van der Waals surface area contributed by atoms with E-state index < -0.39 is 5.97 Å². The van der Waals surface area contributed by atoms with Gasteiger partial charge in [0, 0.05) is 22.3 Å². The van der Waals surface area contributed by atoms with Gasteiger partial charge in [-0.05, 0) is 67.1 Å². The Hall–Kier alpha value is -4.85. The van der Waals surface area contributed by atoms with E-state index in [1.54, 1.807) is 24.3 Å². The summed E-state index contributed by atoms with van der Waals surface area (Å²) in [6.45, 7) is 5.91. The third kappa shape index (κ3) is 4.49. The Morgan fingerprint density at radius 2 is 1.11 bits per heavy atom. The molecule has 0 fully saturated rings. The first-order chi connectivity index (χ1) is 17.0. The second-order valence-electron chi connectivity index (χ2n) is 7.83. The van der Waals surface area contributed by atoms with Gasteiger partial charge in [0.1, 0.15) is 0 Å². The molecule has 0 atom stereocenters. The Labute approximate surface area is 200 Å². The highest BCUT2D eigenvalue weighted by Crippen LogP contribution is 2.29. The predicted octanol–water partition coefficient (Wildman–Crippen LogP) is 5.94. The number of ether oxygens (including phenoxy) is 1. The minimum Gasteiger partial charge on any atom is -0.465 e. The normalized spacial score (nSPS) is 10.8. The highest BCUT2D eigenvalue weighted by molar-refractivity contribution is 5.89. The number of hydrogen-bond donors (Lipinski definition) is 0. The maximum Gasteiger partial charge on any atom is 0.337 e. The molecule has 5 aromatic rings. The SMILES string of the molecule is C=C(C)c1ccc(-c2nnc(-c3cccc(-c4nnc(-c5ccc(C(=O)OC)cc5)o4)c3)o2)cc1. The van der Waals surface area contributed by atoms with Crippen molar-refractivity contribution >= 4 is 11.5 Å². The minimum atomic E-state index is -0.410. The molecule has 8 nitrogen and oxygen atoms in total. The molecule has 0 saturated carbocycles. The van der Waals surface area contributed by atoms with E-state index in [1.807, 2.05) is 55.5 Å². The lowest BCUT2D eigenvalue weighted by Gasteiger charge is -2.01. The van der Waals surface area contributed by atoms with Crippen molar-refractivity contribution in [1.29, 1.82) is 0 Å². The maximum atomic E-state index is 11.6. The number of rotatable bonds is 6. The molecule has 172 valence electrons. The molecular weight excluding hydrogens is 444 g/mol. The second kappa shape index (κ2) is 9.18. The van der Waals surface area contributed by atoms with E-state index in [9.17, 15) is 4.79 Å². The van der Waals surface area contributed by atoms with Crippen LogP contribution in [-0.2, 0) is 4.74 Å². The molecule has 8 heteroatoms. The summed E-state index contributed by atoms with van der Waals surface area (Å²) in [5.74, 6) is 1.07. The number of carbonyl (C=O) groups is 1. The monoisotopic (exact) mass is 464 g/mol. The molecule has 0 amide bonds. The van der Waals surface area contributed by atoms with Crippen molar-refractivity contribution in [3.05, 3.63) is 90.5 Å². The fraction of sp³-hybridized carbons (Fsp3) is 0.0741. The highest BCUT2D eigenvalue weighted by Gasteiger charge is 2.15. The summed E-state index contributed by atoms with van der Waals surface area (Å²) >= 11 is 0. The summed E-state index contributed by atoms with van der Waals surface area (Å²) in [7, 11) is 1.34. The summed E-state index contributed by atoms with van der Waals surface area (Å²) in [5.41, 5.74) is 5.42. The number of aromatic nitrogens is 4. The van der Waals surface area contributed by atoms with Crippen molar-refractivity contribution in [2.45, 2.75) is 6.92 Å². The van der Waals surface area contributed by atoms with Crippen LogP contribution in [-0.4, -0.2) is 33.5 Å². The largest absolute Gasteiger partial charge is 0.465 e. The number of allylic oxidation sites excluding steroid dienone is 1. The Balaban J connectivity index is 1.38. The van der Waals surface area contributed by atoms with Gasteiger partial charge >= 0.3 is 5.97 Å². The number of methoxy groups -OCH3 is 1. The van der Waals surface area contributed by atoms with Gasteiger partial charge in [-0.2, -0.15) is 0 Å². The molecule has 0 saturated heterocycles. The molecular formula is C27H20N4O4. The summed E-state index contributed by atoms with van der Waals surface area (Å²) < 4.78 is 16.5. The molecule has 2 aromatic heterocycles. The topological polar surface area (TPSA) is 104 Å². The number of benzene rings is 3. The summed E-state index contributed by atoms with van der Waals surface area (Å²) in [4.78, 5) is 11.6. The van der Waals surface area contributed by atoms with Gasteiger partial charge in [-0.15, -0.1) is 20.4 Å². The Bertz CT molecular complexity index is 1520. The van der Waals surface area contributed by atoms with Gasteiger partial charge in [0.25, 0.3) is 0 Å². The zero-order valence-electron chi connectivity index (χ0n) is 19.1. The van der Waals surface area contributed by atoms with Gasteiger partial charge in [-0.3, -0.25) is 0 Å². The van der Waals surface area contributed by atoms with E-state index in [1.165, 1.54) is 7.11 Å². The zero-order valence-corrected chi connectivity index (χ0v) is 19.1. The van der Waals surface area contributed by atoms with Crippen LogP contribution in [0.4, 0.5) is 0 Å². The molecule has 3 aromatic carbocycles. The fourth-order valence-electron chi connectivity index (χ4n) is 3.46.